The molecule has 0 saturated carbocycles. The number of hydrogen-bond donors (Lipinski definition) is 1. The third-order valence-electron chi connectivity index (χ3n) is 4.26. The van der Waals surface area contributed by atoms with Crippen LogP contribution in [0, 0.1) is 17.0 Å². The van der Waals surface area contributed by atoms with E-state index in [9.17, 15) is 14.2 Å². The number of anilines is 1. The molecule has 0 spiro atoms. The molecule has 0 heterocycles. The first-order valence-corrected chi connectivity index (χ1v) is 8.48. The SMILES string of the molecule is COC(=O)C1=C(CS(=O)c2ccccc2N([O-])O)C2C=CC1C2. The fourth-order valence-electron chi connectivity index (χ4n) is 3.21. The highest BCUT2D eigenvalue weighted by Crippen LogP contribution is 2.45. The maximum Gasteiger partial charge on any atom is 0.334 e. The van der Waals surface area contributed by atoms with E-state index in [1.807, 2.05) is 12.2 Å². The van der Waals surface area contributed by atoms with Gasteiger partial charge in [0.2, 0.25) is 0 Å². The predicted molar refractivity (Wildman–Crippen MR) is 85.1 cm³/mol. The summed E-state index contributed by atoms with van der Waals surface area (Å²) in [5.74, 6) is -0.151. The van der Waals surface area contributed by atoms with Crippen molar-refractivity contribution in [2.75, 3.05) is 18.1 Å². The number of rotatable bonds is 5. The second-order valence-electron chi connectivity index (χ2n) is 5.49. The van der Waals surface area contributed by atoms with E-state index in [1.54, 1.807) is 12.1 Å². The van der Waals surface area contributed by atoms with Gasteiger partial charge in [-0.3, -0.25) is 9.42 Å². The molecule has 23 heavy (non-hydrogen) atoms. The first-order chi connectivity index (χ1) is 11.0. The van der Waals surface area contributed by atoms with Crippen molar-refractivity contribution < 1.29 is 18.9 Å². The van der Waals surface area contributed by atoms with E-state index in [0.29, 0.717) is 5.57 Å². The number of carbonyl (C=O) groups excluding carboxylic acids is 1. The van der Waals surface area contributed by atoms with Crippen molar-refractivity contribution in [2.45, 2.75) is 11.3 Å². The third kappa shape index (κ3) is 2.83. The Kier molecular flexibility index (Phi) is 4.34. The van der Waals surface area contributed by atoms with Crippen LogP contribution in [0.2, 0.25) is 0 Å². The molecule has 1 aromatic rings. The maximum absolute atomic E-state index is 12.7. The molecular formula is C16H16NO5S-. The molecule has 0 amide bonds. The van der Waals surface area contributed by atoms with Gasteiger partial charge >= 0.3 is 5.97 Å². The van der Waals surface area contributed by atoms with Gasteiger partial charge in [-0.2, -0.15) is 0 Å². The zero-order chi connectivity index (χ0) is 16.6. The summed E-state index contributed by atoms with van der Waals surface area (Å²) in [6.07, 6.45) is 4.79. The van der Waals surface area contributed by atoms with Crippen LogP contribution in [0.3, 0.4) is 0 Å². The summed E-state index contributed by atoms with van der Waals surface area (Å²) < 4.78 is 17.5. The molecule has 2 aliphatic rings. The molecule has 0 fully saturated rings. The zero-order valence-corrected chi connectivity index (χ0v) is 13.3. The summed E-state index contributed by atoms with van der Waals surface area (Å²) in [4.78, 5) is 12.2. The van der Waals surface area contributed by atoms with Crippen LogP contribution >= 0.6 is 0 Å². The van der Waals surface area contributed by atoms with Gasteiger partial charge in [0.05, 0.1) is 34.2 Å². The number of para-hydroxylation sites is 1. The number of carbonyl (C=O) groups is 1. The maximum atomic E-state index is 12.7. The highest BCUT2D eigenvalue weighted by atomic mass is 32.2. The Morgan fingerprint density at radius 1 is 1.39 bits per heavy atom. The second-order valence-corrected chi connectivity index (χ2v) is 6.91. The van der Waals surface area contributed by atoms with Crippen molar-refractivity contribution in [3.05, 3.63) is 52.8 Å². The lowest BCUT2D eigenvalue weighted by Gasteiger charge is -2.24. The van der Waals surface area contributed by atoms with E-state index in [4.69, 9.17) is 9.94 Å². The molecule has 1 aromatic carbocycles. The van der Waals surface area contributed by atoms with Crippen LogP contribution in [0.1, 0.15) is 6.42 Å². The van der Waals surface area contributed by atoms with Gasteiger partial charge in [-0.1, -0.05) is 24.3 Å². The highest BCUT2D eigenvalue weighted by Gasteiger charge is 2.39. The van der Waals surface area contributed by atoms with Crippen molar-refractivity contribution in [3.8, 4) is 0 Å². The standard InChI is InChI=1S/C16H16NO5S/c1-22-16(18)15-11-7-6-10(8-11)12(15)9-23(21)14-5-3-2-4-13(14)17(19)20/h2-7,10-11,19H,8-9H2,1H3/q-1. The van der Waals surface area contributed by atoms with Crippen LogP contribution in [0.5, 0.6) is 0 Å². The molecule has 3 unspecified atom stereocenters. The Balaban J connectivity index is 1.91. The van der Waals surface area contributed by atoms with Gasteiger partial charge in [0.25, 0.3) is 0 Å². The lowest BCUT2D eigenvalue weighted by Crippen LogP contribution is -2.17. The van der Waals surface area contributed by atoms with E-state index in [0.717, 1.165) is 12.0 Å². The van der Waals surface area contributed by atoms with Gasteiger partial charge < -0.3 is 15.2 Å². The van der Waals surface area contributed by atoms with Crippen LogP contribution in [0.25, 0.3) is 0 Å². The van der Waals surface area contributed by atoms with Crippen LogP contribution in [0.15, 0.2) is 52.5 Å². The van der Waals surface area contributed by atoms with Crippen LogP contribution in [-0.2, 0) is 20.3 Å². The van der Waals surface area contributed by atoms with Gasteiger partial charge in [0.1, 0.15) is 0 Å². The molecule has 0 saturated heterocycles. The number of hydrogen-bond acceptors (Lipinski definition) is 6. The molecule has 0 aromatic heterocycles. The Morgan fingerprint density at radius 2 is 2.09 bits per heavy atom. The minimum absolute atomic E-state index is 0.0172. The van der Waals surface area contributed by atoms with E-state index in [1.165, 1.54) is 19.2 Å². The lowest BCUT2D eigenvalue weighted by molar-refractivity contribution is -0.136. The normalized spacial score (nSPS) is 23.3. The number of ether oxygens (including phenoxy) is 1. The predicted octanol–water partition coefficient (Wildman–Crippen LogP) is 2.16. The number of fused-ring (bicyclic) bond motifs is 2. The number of esters is 1. The Morgan fingerprint density at radius 3 is 2.78 bits per heavy atom. The molecule has 2 aliphatic carbocycles. The van der Waals surface area contributed by atoms with E-state index < -0.39 is 16.8 Å². The number of benzene rings is 1. The number of nitrogens with zero attached hydrogens (tertiary/aromatic N) is 1. The van der Waals surface area contributed by atoms with Crippen molar-refractivity contribution in [2.24, 2.45) is 11.8 Å². The molecule has 2 bridgehead atoms. The third-order valence-corrected chi connectivity index (χ3v) is 5.67. The molecule has 7 heteroatoms. The summed E-state index contributed by atoms with van der Waals surface area (Å²) in [5.41, 5.74) is 1.33. The number of allylic oxidation sites excluding steroid dienone is 2. The topological polar surface area (TPSA) is 89.9 Å². The summed E-state index contributed by atoms with van der Waals surface area (Å²) in [6.45, 7) is 0. The molecule has 0 aliphatic heterocycles. The summed E-state index contributed by atoms with van der Waals surface area (Å²) in [7, 11) is -0.218. The molecule has 3 rings (SSSR count). The average molecular weight is 334 g/mol. The van der Waals surface area contributed by atoms with Gasteiger partial charge in [-0.05, 0) is 24.1 Å². The van der Waals surface area contributed by atoms with Gasteiger partial charge in [0, 0.05) is 17.4 Å². The Hall–Kier alpha value is -1.96. The van der Waals surface area contributed by atoms with Crippen LogP contribution in [0.4, 0.5) is 5.69 Å². The molecule has 6 nitrogen and oxygen atoms in total. The van der Waals surface area contributed by atoms with Crippen molar-refractivity contribution in [1.29, 1.82) is 0 Å². The van der Waals surface area contributed by atoms with Crippen molar-refractivity contribution in [1.82, 2.24) is 0 Å². The monoisotopic (exact) mass is 334 g/mol. The summed E-state index contributed by atoms with van der Waals surface area (Å²) in [6, 6.07) is 6.16. The Bertz CT molecular complexity index is 725. The largest absolute Gasteiger partial charge is 0.733 e. The zero-order valence-electron chi connectivity index (χ0n) is 12.5. The Labute approximate surface area is 136 Å². The molecule has 0 radical (unpaired) electrons. The first-order valence-electron chi connectivity index (χ1n) is 7.16. The molecule has 3 atom stereocenters. The smallest absolute Gasteiger partial charge is 0.334 e. The van der Waals surface area contributed by atoms with Crippen LogP contribution in [-0.4, -0.2) is 28.2 Å². The average Bonchev–Trinajstić information content (AvgIpc) is 3.15. The summed E-state index contributed by atoms with van der Waals surface area (Å²) >= 11 is 0. The van der Waals surface area contributed by atoms with Crippen molar-refractivity contribution in [3.63, 3.8) is 0 Å². The minimum Gasteiger partial charge on any atom is -0.733 e. The second kappa shape index (κ2) is 6.27. The first kappa shape index (κ1) is 15.9. The van der Waals surface area contributed by atoms with E-state index in [-0.39, 0.29) is 33.4 Å². The van der Waals surface area contributed by atoms with Crippen LogP contribution < -0.4 is 5.23 Å². The van der Waals surface area contributed by atoms with Gasteiger partial charge in [-0.15, -0.1) is 0 Å². The summed E-state index contributed by atoms with van der Waals surface area (Å²) in [5, 5.41) is 20.1. The van der Waals surface area contributed by atoms with E-state index in [2.05, 4.69) is 0 Å². The van der Waals surface area contributed by atoms with E-state index >= 15 is 0 Å². The fourth-order valence-corrected chi connectivity index (χ4v) is 4.63. The molecule has 1 N–H and O–H groups in total. The molecule has 122 valence electrons. The number of methoxy groups -OCH3 is 1. The fraction of sp³-hybridized carbons (Fsp3) is 0.312. The van der Waals surface area contributed by atoms with Gasteiger partial charge in [0.15, 0.2) is 0 Å². The lowest BCUT2D eigenvalue weighted by atomic mass is 9.98. The minimum atomic E-state index is -1.55. The molecular weight excluding hydrogens is 318 g/mol. The van der Waals surface area contributed by atoms with Gasteiger partial charge in [-0.25, -0.2) is 4.79 Å². The quantitative estimate of drug-likeness (QED) is 0.504. The highest BCUT2D eigenvalue weighted by molar-refractivity contribution is 7.85. The van der Waals surface area contributed by atoms with Crippen molar-refractivity contribution >= 4 is 22.5 Å².